The van der Waals surface area contributed by atoms with Gasteiger partial charge >= 0.3 is 0 Å². The number of carbonyl (C=O) groups is 2. The monoisotopic (exact) mass is 297 g/mol. The Morgan fingerprint density at radius 1 is 1.09 bits per heavy atom. The Hall–Kier alpha value is -1.90. The first-order chi connectivity index (χ1) is 10.7. The van der Waals surface area contributed by atoms with Crippen molar-refractivity contribution in [1.82, 2.24) is 4.90 Å². The summed E-state index contributed by atoms with van der Waals surface area (Å²) in [5.74, 6) is 0.0282. The van der Waals surface area contributed by atoms with Gasteiger partial charge in [-0.1, -0.05) is 44.9 Å². The number of imide groups is 1. The van der Waals surface area contributed by atoms with Gasteiger partial charge in [0.1, 0.15) is 0 Å². The maximum atomic E-state index is 12.2. The van der Waals surface area contributed by atoms with E-state index < -0.39 is 0 Å². The molecule has 0 unspecified atom stereocenters. The molecule has 0 saturated heterocycles. The second kappa shape index (κ2) is 6.07. The molecule has 0 radical (unpaired) electrons. The average molecular weight is 297 g/mol. The van der Waals surface area contributed by atoms with Crippen molar-refractivity contribution in [3.05, 3.63) is 47.0 Å². The van der Waals surface area contributed by atoms with Crippen molar-refractivity contribution < 1.29 is 9.59 Å². The van der Waals surface area contributed by atoms with Crippen molar-refractivity contribution in [1.29, 1.82) is 0 Å². The van der Waals surface area contributed by atoms with E-state index in [1.165, 1.54) is 33.7 Å². The fourth-order valence-electron chi connectivity index (χ4n) is 3.98. The SMILES string of the molecule is CCCc1cccc2c1C[C@H](CCC)[C@@H]2N1C(=O)C=CC1=O. The molecule has 2 atom stereocenters. The lowest BCUT2D eigenvalue weighted by atomic mass is 9.94. The Balaban J connectivity index is 2.03. The second-order valence-electron chi connectivity index (χ2n) is 6.31. The van der Waals surface area contributed by atoms with Gasteiger partial charge in [-0.2, -0.15) is 0 Å². The van der Waals surface area contributed by atoms with Crippen LogP contribution in [0.2, 0.25) is 0 Å². The fourth-order valence-corrected chi connectivity index (χ4v) is 3.98. The van der Waals surface area contributed by atoms with Gasteiger partial charge in [-0.3, -0.25) is 14.5 Å². The van der Waals surface area contributed by atoms with Crippen molar-refractivity contribution in [2.24, 2.45) is 5.92 Å². The maximum absolute atomic E-state index is 12.2. The van der Waals surface area contributed by atoms with Crippen LogP contribution >= 0.6 is 0 Å². The van der Waals surface area contributed by atoms with E-state index in [1.807, 2.05) is 0 Å². The summed E-state index contributed by atoms with van der Waals surface area (Å²) in [6, 6.07) is 6.29. The fraction of sp³-hybridized carbons (Fsp3) is 0.474. The first-order valence-corrected chi connectivity index (χ1v) is 8.33. The van der Waals surface area contributed by atoms with Crippen molar-refractivity contribution in [3.63, 3.8) is 0 Å². The summed E-state index contributed by atoms with van der Waals surface area (Å²) in [4.78, 5) is 25.8. The number of benzene rings is 1. The second-order valence-corrected chi connectivity index (χ2v) is 6.31. The van der Waals surface area contributed by atoms with Crippen LogP contribution in [0.15, 0.2) is 30.4 Å². The molecule has 3 rings (SSSR count). The van der Waals surface area contributed by atoms with E-state index in [4.69, 9.17) is 0 Å². The van der Waals surface area contributed by atoms with E-state index in [9.17, 15) is 9.59 Å². The largest absolute Gasteiger partial charge is 0.269 e. The van der Waals surface area contributed by atoms with Gasteiger partial charge in [0.15, 0.2) is 0 Å². The lowest BCUT2D eigenvalue weighted by molar-refractivity contribution is -0.140. The first-order valence-electron chi connectivity index (χ1n) is 8.33. The Morgan fingerprint density at radius 3 is 2.45 bits per heavy atom. The molecule has 1 aliphatic carbocycles. The number of hydrogen-bond donors (Lipinski definition) is 0. The molecule has 3 nitrogen and oxygen atoms in total. The average Bonchev–Trinajstić information content (AvgIpc) is 3.01. The van der Waals surface area contributed by atoms with E-state index in [2.05, 4.69) is 32.0 Å². The third-order valence-electron chi connectivity index (χ3n) is 4.84. The molecule has 1 aliphatic heterocycles. The number of hydrogen-bond acceptors (Lipinski definition) is 2. The van der Waals surface area contributed by atoms with Crippen LogP contribution in [0, 0.1) is 5.92 Å². The van der Waals surface area contributed by atoms with Crippen molar-refractivity contribution in [2.75, 3.05) is 0 Å². The topological polar surface area (TPSA) is 37.4 Å². The first kappa shape index (κ1) is 15.0. The lowest BCUT2D eigenvalue weighted by Gasteiger charge is -2.28. The molecule has 0 saturated carbocycles. The minimum atomic E-state index is -0.162. The summed E-state index contributed by atoms with van der Waals surface area (Å²) in [5, 5.41) is 0. The molecule has 0 aromatic heterocycles. The summed E-state index contributed by atoms with van der Waals surface area (Å²) in [5.41, 5.74) is 3.95. The van der Waals surface area contributed by atoms with Gasteiger partial charge in [0.25, 0.3) is 11.8 Å². The van der Waals surface area contributed by atoms with E-state index >= 15 is 0 Å². The van der Waals surface area contributed by atoms with E-state index in [0.717, 1.165) is 32.1 Å². The lowest BCUT2D eigenvalue weighted by Crippen LogP contribution is -2.36. The maximum Gasteiger partial charge on any atom is 0.254 e. The van der Waals surface area contributed by atoms with Gasteiger partial charge in [-0.15, -0.1) is 0 Å². The van der Waals surface area contributed by atoms with Crippen LogP contribution in [0.5, 0.6) is 0 Å². The van der Waals surface area contributed by atoms with E-state index in [0.29, 0.717) is 5.92 Å². The zero-order valence-corrected chi connectivity index (χ0v) is 13.3. The van der Waals surface area contributed by atoms with Crippen LogP contribution in [0.25, 0.3) is 0 Å². The molecule has 1 heterocycles. The van der Waals surface area contributed by atoms with Crippen LogP contribution in [-0.2, 0) is 22.4 Å². The highest BCUT2D eigenvalue weighted by Gasteiger charge is 2.42. The van der Waals surface area contributed by atoms with Gasteiger partial charge in [0.2, 0.25) is 0 Å². The molecule has 0 fully saturated rings. The third-order valence-corrected chi connectivity index (χ3v) is 4.84. The third kappa shape index (κ3) is 2.39. The molecule has 2 amide bonds. The minimum absolute atomic E-state index is 0.0817. The van der Waals surface area contributed by atoms with Crippen molar-refractivity contribution >= 4 is 11.8 Å². The highest BCUT2D eigenvalue weighted by molar-refractivity contribution is 6.13. The smallest absolute Gasteiger partial charge is 0.254 e. The van der Waals surface area contributed by atoms with Gasteiger partial charge in [0.05, 0.1) is 6.04 Å². The summed E-state index contributed by atoms with van der Waals surface area (Å²) < 4.78 is 0. The zero-order chi connectivity index (χ0) is 15.7. The highest BCUT2D eigenvalue weighted by atomic mass is 16.2. The number of carbonyl (C=O) groups excluding carboxylic acids is 2. The van der Waals surface area contributed by atoms with Gasteiger partial charge in [0, 0.05) is 12.2 Å². The summed E-state index contributed by atoms with van der Waals surface area (Å²) in [6.07, 6.45) is 8.08. The zero-order valence-electron chi connectivity index (χ0n) is 13.3. The molecular formula is C19H23NO2. The highest BCUT2D eigenvalue weighted by Crippen LogP contribution is 2.44. The number of fused-ring (bicyclic) bond motifs is 1. The normalized spacial score (nSPS) is 23.5. The van der Waals surface area contributed by atoms with Crippen molar-refractivity contribution in [3.8, 4) is 0 Å². The molecule has 116 valence electrons. The number of aryl methyl sites for hydroxylation is 1. The predicted molar refractivity (Wildman–Crippen MR) is 86.3 cm³/mol. The van der Waals surface area contributed by atoms with Crippen LogP contribution in [-0.4, -0.2) is 16.7 Å². The van der Waals surface area contributed by atoms with Gasteiger partial charge < -0.3 is 0 Å². The van der Waals surface area contributed by atoms with E-state index in [-0.39, 0.29) is 17.9 Å². The molecule has 22 heavy (non-hydrogen) atoms. The van der Waals surface area contributed by atoms with Gasteiger partial charge in [-0.05, 0) is 41.9 Å². The number of amides is 2. The molecule has 0 N–H and O–H groups in total. The quantitative estimate of drug-likeness (QED) is 0.779. The van der Waals surface area contributed by atoms with Crippen LogP contribution in [0.1, 0.15) is 55.8 Å². The number of rotatable bonds is 5. The summed E-state index contributed by atoms with van der Waals surface area (Å²) in [7, 11) is 0. The molecule has 1 aromatic carbocycles. The standard InChI is InChI=1S/C19H23NO2/c1-3-6-13-8-5-9-15-16(13)12-14(7-4-2)19(15)20-17(21)10-11-18(20)22/h5,8-11,14,19H,3-4,6-7,12H2,1-2H3/t14-,19-/m0/s1. The van der Waals surface area contributed by atoms with Crippen LogP contribution in [0.4, 0.5) is 0 Å². The predicted octanol–water partition coefficient (Wildman–Crippen LogP) is 3.58. The summed E-state index contributed by atoms with van der Waals surface area (Å²) >= 11 is 0. The Bertz CT molecular complexity index is 614. The molecule has 0 bridgehead atoms. The van der Waals surface area contributed by atoms with Crippen molar-refractivity contribution in [2.45, 2.75) is 52.0 Å². The molecular weight excluding hydrogens is 274 g/mol. The van der Waals surface area contributed by atoms with Gasteiger partial charge in [-0.25, -0.2) is 0 Å². The number of nitrogens with zero attached hydrogens (tertiary/aromatic N) is 1. The molecule has 1 aromatic rings. The summed E-state index contributed by atoms with van der Waals surface area (Å²) in [6.45, 7) is 4.35. The Labute approximate surface area is 132 Å². The van der Waals surface area contributed by atoms with E-state index in [1.54, 1.807) is 0 Å². The minimum Gasteiger partial charge on any atom is -0.269 e. The Kier molecular flexibility index (Phi) is 4.14. The molecule has 0 spiro atoms. The molecule has 3 heteroatoms. The van der Waals surface area contributed by atoms with Crippen LogP contribution in [0.3, 0.4) is 0 Å². The molecule has 2 aliphatic rings. The van der Waals surface area contributed by atoms with Crippen LogP contribution < -0.4 is 0 Å². The Morgan fingerprint density at radius 2 is 1.82 bits per heavy atom.